The van der Waals surface area contributed by atoms with Gasteiger partial charge in [0.25, 0.3) is 5.91 Å². The van der Waals surface area contributed by atoms with Crippen molar-refractivity contribution in [2.45, 2.75) is 46.1 Å². The van der Waals surface area contributed by atoms with Crippen molar-refractivity contribution in [2.75, 3.05) is 13.1 Å². The standard InChI is InChI=1S/C19H24N2O3/c1-12-7-8-15-13(2)17(24-16(15)11-12)18(22)20-14(3)19(23)21-9-5-4-6-10-21/h7-8,11,14H,4-6,9-10H2,1-3H3,(H,20,22). The van der Waals surface area contributed by atoms with Gasteiger partial charge in [-0.3, -0.25) is 9.59 Å². The van der Waals surface area contributed by atoms with E-state index in [9.17, 15) is 9.59 Å². The number of carbonyl (C=O) groups is 2. The monoisotopic (exact) mass is 328 g/mol. The predicted octanol–water partition coefficient (Wildman–Crippen LogP) is 3.18. The smallest absolute Gasteiger partial charge is 0.287 e. The Morgan fingerprint density at radius 1 is 1.17 bits per heavy atom. The fraction of sp³-hybridized carbons (Fsp3) is 0.474. The van der Waals surface area contributed by atoms with E-state index in [2.05, 4.69) is 5.32 Å². The van der Waals surface area contributed by atoms with Gasteiger partial charge in [-0.1, -0.05) is 12.1 Å². The van der Waals surface area contributed by atoms with Crippen molar-refractivity contribution in [3.63, 3.8) is 0 Å². The van der Waals surface area contributed by atoms with Crippen molar-refractivity contribution in [3.05, 3.63) is 35.1 Å². The molecule has 1 fully saturated rings. The molecule has 1 unspecified atom stereocenters. The predicted molar refractivity (Wildman–Crippen MR) is 93.0 cm³/mol. The maximum atomic E-state index is 12.5. The fourth-order valence-electron chi connectivity index (χ4n) is 3.26. The summed E-state index contributed by atoms with van der Waals surface area (Å²) in [4.78, 5) is 26.8. The van der Waals surface area contributed by atoms with Crippen LogP contribution in [0.3, 0.4) is 0 Å². The largest absolute Gasteiger partial charge is 0.451 e. The minimum absolute atomic E-state index is 0.0207. The van der Waals surface area contributed by atoms with E-state index in [1.54, 1.807) is 6.92 Å². The van der Waals surface area contributed by atoms with E-state index in [0.717, 1.165) is 42.4 Å². The topological polar surface area (TPSA) is 62.6 Å². The number of aryl methyl sites for hydroxylation is 2. The van der Waals surface area contributed by atoms with Crippen LogP contribution in [-0.2, 0) is 4.79 Å². The van der Waals surface area contributed by atoms with Gasteiger partial charge in [0.1, 0.15) is 11.6 Å². The molecule has 2 heterocycles. The van der Waals surface area contributed by atoms with Crippen molar-refractivity contribution >= 4 is 22.8 Å². The molecule has 0 aliphatic carbocycles. The van der Waals surface area contributed by atoms with Crippen molar-refractivity contribution in [2.24, 2.45) is 0 Å². The molecule has 3 rings (SSSR count). The molecule has 1 aliphatic heterocycles. The second kappa shape index (κ2) is 6.67. The number of nitrogens with one attached hydrogen (secondary N) is 1. The third-order valence-corrected chi connectivity index (χ3v) is 4.69. The molecule has 5 heteroatoms. The first kappa shape index (κ1) is 16.6. The number of hydrogen-bond acceptors (Lipinski definition) is 3. The average Bonchev–Trinajstić information content (AvgIpc) is 2.91. The number of nitrogens with zero attached hydrogens (tertiary/aromatic N) is 1. The van der Waals surface area contributed by atoms with Gasteiger partial charge in [0, 0.05) is 24.0 Å². The van der Waals surface area contributed by atoms with E-state index >= 15 is 0 Å². The van der Waals surface area contributed by atoms with Crippen LogP contribution in [0, 0.1) is 13.8 Å². The van der Waals surface area contributed by atoms with Crippen LogP contribution in [0.5, 0.6) is 0 Å². The summed E-state index contributed by atoms with van der Waals surface area (Å²) < 4.78 is 5.73. The Morgan fingerprint density at radius 3 is 2.58 bits per heavy atom. The number of likely N-dealkylation sites (tertiary alicyclic amines) is 1. The average molecular weight is 328 g/mol. The van der Waals surface area contributed by atoms with Gasteiger partial charge in [-0.05, 0) is 51.7 Å². The molecule has 0 saturated carbocycles. The third kappa shape index (κ3) is 3.16. The van der Waals surface area contributed by atoms with E-state index in [4.69, 9.17) is 4.42 Å². The summed E-state index contributed by atoms with van der Waals surface area (Å²) >= 11 is 0. The van der Waals surface area contributed by atoms with Crippen molar-refractivity contribution in [3.8, 4) is 0 Å². The highest BCUT2D eigenvalue weighted by atomic mass is 16.3. The molecule has 1 aromatic heterocycles. The normalized spacial score (nSPS) is 16.2. The van der Waals surface area contributed by atoms with E-state index in [1.807, 2.05) is 36.9 Å². The highest BCUT2D eigenvalue weighted by Crippen LogP contribution is 2.26. The lowest BCUT2D eigenvalue weighted by Gasteiger charge is -2.29. The molecule has 1 saturated heterocycles. The molecule has 5 nitrogen and oxygen atoms in total. The maximum absolute atomic E-state index is 12.5. The maximum Gasteiger partial charge on any atom is 0.287 e. The Labute approximate surface area is 142 Å². The fourth-order valence-corrected chi connectivity index (χ4v) is 3.26. The molecule has 2 amide bonds. The van der Waals surface area contributed by atoms with Gasteiger partial charge < -0.3 is 14.6 Å². The number of fused-ring (bicyclic) bond motifs is 1. The van der Waals surface area contributed by atoms with Gasteiger partial charge in [0.2, 0.25) is 5.91 Å². The molecule has 0 spiro atoms. The molecule has 1 aliphatic rings. The molecule has 128 valence electrons. The van der Waals surface area contributed by atoms with E-state index < -0.39 is 6.04 Å². The van der Waals surface area contributed by atoms with Crippen LogP contribution in [-0.4, -0.2) is 35.8 Å². The number of carbonyl (C=O) groups excluding carboxylic acids is 2. The van der Waals surface area contributed by atoms with E-state index in [1.165, 1.54) is 6.42 Å². The first-order valence-corrected chi connectivity index (χ1v) is 8.57. The number of benzene rings is 1. The first-order chi connectivity index (χ1) is 11.5. The van der Waals surface area contributed by atoms with Crippen LogP contribution in [0.2, 0.25) is 0 Å². The number of piperidine rings is 1. The highest BCUT2D eigenvalue weighted by Gasteiger charge is 2.26. The molecule has 1 atom stereocenters. The molecule has 2 aromatic rings. The molecule has 0 bridgehead atoms. The van der Waals surface area contributed by atoms with Gasteiger partial charge in [-0.25, -0.2) is 0 Å². The van der Waals surface area contributed by atoms with Crippen molar-refractivity contribution in [1.82, 2.24) is 10.2 Å². The second-order valence-electron chi connectivity index (χ2n) is 6.64. The van der Waals surface area contributed by atoms with Gasteiger partial charge in [-0.2, -0.15) is 0 Å². The number of rotatable bonds is 3. The summed E-state index contributed by atoms with van der Waals surface area (Å²) in [5.41, 5.74) is 2.59. The van der Waals surface area contributed by atoms with Gasteiger partial charge in [0.05, 0.1) is 0 Å². The minimum atomic E-state index is -0.551. The van der Waals surface area contributed by atoms with Crippen LogP contribution in [0.1, 0.15) is 47.9 Å². The zero-order valence-electron chi connectivity index (χ0n) is 14.5. The zero-order chi connectivity index (χ0) is 17.3. The lowest BCUT2D eigenvalue weighted by molar-refractivity contribution is -0.133. The van der Waals surface area contributed by atoms with Crippen LogP contribution in [0.4, 0.5) is 0 Å². The SMILES string of the molecule is Cc1ccc2c(C)c(C(=O)NC(C)C(=O)N3CCCCC3)oc2c1. The number of amides is 2. The highest BCUT2D eigenvalue weighted by molar-refractivity contribution is 6.00. The summed E-state index contributed by atoms with van der Waals surface area (Å²) in [5.74, 6) is -0.0687. The van der Waals surface area contributed by atoms with Crippen molar-refractivity contribution in [1.29, 1.82) is 0 Å². The summed E-state index contributed by atoms with van der Waals surface area (Å²) in [5, 5.41) is 3.72. The number of hydrogen-bond donors (Lipinski definition) is 1. The quantitative estimate of drug-likeness (QED) is 0.941. The molecule has 1 N–H and O–H groups in total. The summed E-state index contributed by atoms with van der Waals surface area (Å²) in [7, 11) is 0. The first-order valence-electron chi connectivity index (χ1n) is 8.57. The van der Waals surface area contributed by atoms with Gasteiger partial charge in [-0.15, -0.1) is 0 Å². The van der Waals surface area contributed by atoms with Crippen LogP contribution in [0.15, 0.2) is 22.6 Å². The summed E-state index contributed by atoms with van der Waals surface area (Å²) in [6.07, 6.45) is 3.24. The van der Waals surface area contributed by atoms with Crippen LogP contribution in [0.25, 0.3) is 11.0 Å². The molecular weight excluding hydrogens is 304 g/mol. The van der Waals surface area contributed by atoms with Crippen LogP contribution < -0.4 is 5.32 Å². The Morgan fingerprint density at radius 2 is 1.88 bits per heavy atom. The summed E-state index contributed by atoms with van der Waals surface area (Å²) in [6, 6.07) is 5.32. The van der Waals surface area contributed by atoms with Crippen LogP contribution >= 0.6 is 0 Å². The van der Waals surface area contributed by atoms with Gasteiger partial charge in [0.15, 0.2) is 5.76 Å². The van der Waals surface area contributed by atoms with E-state index in [-0.39, 0.29) is 17.6 Å². The molecular formula is C19H24N2O3. The molecule has 1 aromatic carbocycles. The van der Waals surface area contributed by atoms with Gasteiger partial charge >= 0.3 is 0 Å². The Balaban J connectivity index is 1.74. The second-order valence-corrected chi connectivity index (χ2v) is 6.64. The lowest BCUT2D eigenvalue weighted by Crippen LogP contribution is -2.48. The molecule has 24 heavy (non-hydrogen) atoms. The molecule has 0 radical (unpaired) electrons. The Hall–Kier alpha value is -2.30. The Bertz CT molecular complexity index is 772. The Kier molecular flexibility index (Phi) is 4.60. The summed E-state index contributed by atoms with van der Waals surface area (Å²) in [6.45, 7) is 7.14. The lowest BCUT2D eigenvalue weighted by atomic mass is 10.1. The minimum Gasteiger partial charge on any atom is -0.451 e. The van der Waals surface area contributed by atoms with Crippen molar-refractivity contribution < 1.29 is 14.0 Å². The third-order valence-electron chi connectivity index (χ3n) is 4.69. The zero-order valence-corrected chi connectivity index (χ0v) is 14.5. The van der Waals surface area contributed by atoms with E-state index in [0.29, 0.717) is 5.58 Å². The number of furan rings is 1.